The minimum Gasteiger partial charge on any atom is -0.315 e. The summed E-state index contributed by atoms with van der Waals surface area (Å²) < 4.78 is 0. The fourth-order valence-corrected chi connectivity index (χ4v) is 8.36. The van der Waals surface area contributed by atoms with Gasteiger partial charge in [-0.3, -0.25) is 0 Å². The van der Waals surface area contributed by atoms with E-state index in [0.29, 0.717) is 0 Å². The van der Waals surface area contributed by atoms with Crippen LogP contribution in [0.25, 0.3) is 0 Å². The predicted molar refractivity (Wildman–Crippen MR) is 311 cm³/mol. The Morgan fingerprint density at radius 2 is 1.13 bits per heavy atom. The molecule has 0 atom stereocenters. The number of nitrogens with zero attached hydrogens (tertiary/aromatic N) is 4. The smallest absolute Gasteiger partial charge is 0.0463 e. The second-order valence-electron chi connectivity index (χ2n) is 16.5. The average molecular weight is 925 g/mol. The molecule has 0 saturated heterocycles. The predicted octanol–water partition coefficient (Wildman–Crippen LogP) is 19.5. The summed E-state index contributed by atoms with van der Waals surface area (Å²) in [5.41, 5.74) is 15.8. The molecule has 0 saturated carbocycles. The Balaban J connectivity index is 0.00000222. The van der Waals surface area contributed by atoms with E-state index in [1.165, 1.54) is 11.1 Å². The largest absolute Gasteiger partial charge is 0.315 e. The van der Waals surface area contributed by atoms with E-state index in [-0.39, 0.29) is 0 Å². The summed E-state index contributed by atoms with van der Waals surface area (Å²) in [6.07, 6.45) is 59.0. The molecule has 3 aromatic carbocycles. The number of hydrogen-bond donors (Lipinski definition) is 0. The molecule has 0 N–H and O–H groups in total. The van der Waals surface area contributed by atoms with Crippen LogP contribution in [0.15, 0.2) is 277 Å². The van der Waals surface area contributed by atoms with E-state index in [1.54, 1.807) is 0 Å². The molecule has 0 bridgehead atoms. The van der Waals surface area contributed by atoms with E-state index < -0.39 is 0 Å². The third-order valence-corrected chi connectivity index (χ3v) is 11.5. The monoisotopic (exact) mass is 925 g/mol. The lowest BCUT2D eigenvalue weighted by Crippen LogP contribution is -2.21. The van der Waals surface area contributed by atoms with Gasteiger partial charge in [0.25, 0.3) is 0 Å². The van der Waals surface area contributed by atoms with Crippen molar-refractivity contribution in [2.24, 2.45) is 0 Å². The van der Waals surface area contributed by atoms with Crippen LogP contribution in [0, 0.1) is 0 Å². The van der Waals surface area contributed by atoms with Crippen LogP contribution in [0.3, 0.4) is 0 Å². The van der Waals surface area contributed by atoms with E-state index in [0.717, 1.165) is 100 Å². The van der Waals surface area contributed by atoms with Crippen LogP contribution in [-0.4, -0.2) is 0 Å². The van der Waals surface area contributed by atoms with E-state index in [4.69, 9.17) is 0 Å². The van der Waals surface area contributed by atoms with Gasteiger partial charge in [0.1, 0.15) is 0 Å². The van der Waals surface area contributed by atoms with Gasteiger partial charge in [0, 0.05) is 68.3 Å². The fourth-order valence-electron chi connectivity index (χ4n) is 8.36. The van der Waals surface area contributed by atoms with Gasteiger partial charge >= 0.3 is 0 Å². The molecule has 4 aliphatic carbocycles. The lowest BCUT2D eigenvalue weighted by Gasteiger charge is -2.31. The van der Waals surface area contributed by atoms with Crippen LogP contribution in [0.5, 0.6) is 0 Å². The zero-order valence-electron chi connectivity index (χ0n) is 43.4. The zero-order chi connectivity index (χ0) is 50.1. The Morgan fingerprint density at radius 3 is 1.77 bits per heavy atom. The topological polar surface area (TPSA) is 13.0 Å². The average Bonchev–Trinajstić information content (AvgIpc) is 3.98. The molecular weight excluding hydrogens is 849 g/mol. The van der Waals surface area contributed by atoms with Crippen molar-refractivity contribution in [2.75, 3.05) is 19.6 Å². The van der Waals surface area contributed by atoms with Gasteiger partial charge in [-0.1, -0.05) is 156 Å². The van der Waals surface area contributed by atoms with E-state index in [2.05, 4.69) is 267 Å². The van der Waals surface area contributed by atoms with Crippen molar-refractivity contribution in [1.29, 1.82) is 0 Å². The summed E-state index contributed by atoms with van der Waals surface area (Å²) in [5.74, 6) is 0. The Hall–Kier alpha value is -7.56. The zero-order valence-corrected chi connectivity index (χ0v) is 43.4. The Labute approximate surface area is 422 Å². The van der Waals surface area contributed by atoms with Crippen molar-refractivity contribution in [2.45, 2.75) is 94.4 Å². The summed E-state index contributed by atoms with van der Waals surface area (Å²) in [7, 11) is 0. The Bertz CT molecular complexity index is 2700. The normalized spacial score (nSPS) is 15.6. The summed E-state index contributed by atoms with van der Waals surface area (Å²) in [6.45, 7) is 22.7. The molecule has 0 fully saturated rings. The van der Waals surface area contributed by atoms with Crippen molar-refractivity contribution in [3.8, 4) is 0 Å². The van der Waals surface area contributed by atoms with Crippen LogP contribution in [0.2, 0.25) is 0 Å². The van der Waals surface area contributed by atoms with Crippen LogP contribution >= 0.6 is 0 Å². The molecule has 7 rings (SSSR count). The van der Waals surface area contributed by atoms with E-state index >= 15 is 0 Å². The lowest BCUT2D eigenvalue weighted by atomic mass is 10.1. The lowest BCUT2D eigenvalue weighted by molar-refractivity contribution is 1.08. The van der Waals surface area contributed by atoms with Gasteiger partial charge in [-0.2, -0.15) is 0 Å². The fraction of sp³-hybridized carbons (Fsp3) is 0.212. The highest BCUT2D eigenvalue weighted by Crippen LogP contribution is 2.40. The maximum Gasteiger partial charge on any atom is 0.0463 e. The molecule has 0 heterocycles. The summed E-state index contributed by atoms with van der Waals surface area (Å²) in [4.78, 5) is 9.41. The van der Waals surface area contributed by atoms with Crippen molar-refractivity contribution < 1.29 is 0 Å². The molecule has 0 aromatic heterocycles. The molecule has 70 heavy (non-hydrogen) atoms. The summed E-state index contributed by atoms with van der Waals surface area (Å²) in [5, 5.41) is 0. The van der Waals surface area contributed by atoms with Gasteiger partial charge in [-0.15, -0.1) is 0 Å². The molecular formula is C66H76N4. The van der Waals surface area contributed by atoms with E-state index in [9.17, 15) is 0 Å². The first kappa shape index (κ1) is 53.4. The van der Waals surface area contributed by atoms with Crippen molar-refractivity contribution in [3.63, 3.8) is 0 Å². The molecule has 0 amide bonds. The number of anilines is 6. The van der Waals surface area contributed by atoms with Gasteiger partial charge in [-0.25, -0.2) is 0 Å². The first-order chi connectivity index (χ1) is 34.4. The van der Waals surface area contributed by atoms with E-state index in [1.807, 2.05) is 45.9 Å². The van der Waals surface area contributed by atoms with Crippen LogP contribution < -0.4 is 19.6 Å². The van der Waals surface area contributed by atoms with Gasteiger partial charge in [0.05, 0.1) is 0 Å². The third kappa shape index (κ3) is 14.5. The summed E-state index contributed by atoms with van der Waals surface area (Å²) >= 11 is 0. The third-order valence-electron chi connectivity index (χ3n) is 11.5. The number of benzene rings is 3. The van der Waals surface area contributed by atoms with Crippen LogP contribution in [0.1, 0.15) is 94.4 Å². The number of hydrogen-bond acceptors (Lipinski definition) is 4. The second kappa shape index (κ2) is 28.7. The quantitative estimate of drug-likeness (QED) is 0.133. The summed E-state index contributed by atoms with van der Waals surface area (Å²) in [6, 6.07) is 27.0. The first-order valence-electron chi connectivity index (χ1n) is 25.3. The maximum absolute atomic E-state index is 3.88. The highest BCUT2D eigenvalue weighted by molar-refractivity contribution is 5.81. The van der Waals surface area contributed by atoms with Gasteiger partial charge in [-0.05, 0) is 181 Å². The molecule has 0 radical (unpaired) electrons. The standard InChI is InChI=1S/C62H64N4.2C2H6/c1-7-10-15-27-51(6)63(55-33-22-26-49(4)34-35-55)56-36-38-58(39-37-56)65(59-42-40-57(41-43-59)64(52(23-8-2)24-9-3)53-28-16-11-12-17-29-53)60-44-46-61(47-45-60)66(54-30-18-13-14-19-31-54)62-32-21-20-25-50(5)48-62;2*1-2/h7-8,10-11,13-18,21-33,35-48H,1,9,12,19-20,34H2,2-6H3;2*1-2H3/b15-10-,23-8-,51-27+,52-24+;;. The molecule has 3 aromatic rings. The number of rotatable bonds is 16. The highest BCUT2D eigenvalue weighted by Gasteiger charge is 2.21. The first-order valence-corrected chi connectivity index (χ1v) is 25.3. The van der Waals surface area contributed by atoms with Crippen LogP contribution in [-0.2, 0) is 0 Å². The minimum absolute atomic E-state index is 0.872. The van der Waals surface area contributed by atoms with Gasteiger partial charge in [0.15, 0.2) is 0 Å². The molecule has 0 spiro atoms. The van der Waals surface area contributed by atoms with Gasteiger partial charge < -0.3 is 19.6 Å². The molecule has 360 valence electrons. The van der Waals surface area contributed by atoms with Crippen molar-refractivity contribution in [1.82, 2.24) is 0 Å². The SMILES string of the molecule is C=C/C=C\C=C(/C)N(C1=CCC(C)=CC=C1)c1ccc(N(c2ccc(N(C3=CCC=CC=C3)C3=CC(C)=CCC=C3)cc2)c2ccc(N(C3=CC=CCC=C3)C(/C=C\C)=C/CC)cc2)cc1.CC.CC. The Morgan fingerprint density at radius 1 is 0.557 bits per heavy atom. The Kier molecular flexibility index (Phi) is 21.9. The number of allylic oxidation sites excluding steroid dienone is 28. The van der Waals surface area contributed by atoms with Crippen molar-refractivity contribution >= 4 is 34.1 Å². The van der Waals surface area contributed by atoms with Crippen molar-refractivity contribution in [3.05, 3.63) is 277 Å². The minimum atomic E-state index is 0.872. The highest BCUT2D eigenvalue weighted by atomic mass is 15.2. The molecule has 0 aliphatic heterocycles. The molecule has 4 nitrogen and oxygen atoms in total. The van der Waals surface area contributed by atoms with Gasteiger partial charge in [0.2, 0.25) is 0 Å². The second-order valence-corrected chi connectivity index (χ2v) is 16.5. The molecule has 0 unspecified atom stereocenters. The van der Waals surface area contributed by atoms with Crippen LogP contribution in [0.4, 0.5) is 34.1 Å². The molecule has 4 aliphatic rings. The maximum atomic E-state index is 3.88. The molecule has 4 heteroatoms.